The van der Waals surface area contributed by atoms with Gasteiger partial charge in [-0.1, -0.05) is 0 Å². The van der Waals surface area contributed by atoms with Crippen molar-refractivity contribution < 1.29 is 24.6 Å². The molecule has 9 nitrogen and oxygen atoms in total. The van der Waals surface area contributed by atoms with Crippen molar-refractivity contribution in [2.45, 2.75) is 18.5 Å². The largest absolute Gasteiger partial charge is 0.480 e. The number of nitrogens with zero attached hydrogens (tertiary/aromatic N) is 1. The Morgan fingerprint density at radius 1 is 1.61 bits per heavy atom. The molecule has 0 heterocycles. The summed E-state index contributed by atoms with van der Waals surface area (Å²) in [6.07, 6.45) is 2.04. The van der Waals surface area contributed by atoms with E-state index in [4.69, 9.17) is 10.8 Å². The highest BCUT2D eigenvalue weighted by Crippen LogP contribution is 2.01. The van der Waals surface area contributed by atoms with E-state index in [1.807, 2.05) is 0 Å². The van der Waals surface area contributed by atoms with Gasteiger partial charge in [0.25, 0.3) is 5.09 Å². The summed E-state index contributed by atoms with van der Waals surface area (Å²) in [4.78, 5) is 36.1. The van der Waals surface area contributed by atoms with Crippen molar-refractivity contribution in [3.05, 3.63) is 10.1 Å². The SMILES string of the molecule is CSCC[C@H](NC(=O)[C@@H](N)CO[N+](=O)[O-])C(=O)O. The van der Waals surface area contributed by atoms with E-state index in [9.17, 15) is 19.7 Å². The van der Waals surface area contributed by atoms with Gasteiger partial charge in [0.05, 0.1) is 0 Å². The highest BCUT2D eigenvalue weighted by Gasteiger charge is 2.23. The first-order valence-electron chi connectivity index (χ1n) is 4.93. The Labute approximate surface area is 107 Å². The summed E-state index contributed by atoms with van der Waals surface area (Å²) >= 11 is 1.44. The molecule has 4 N–H and O–H groups in total. The van der Waals surface area contributed by atoms with Gasteiger partial charge in [0.2, 0.25) is 5.91 Å². The number of carbonyl (C=O) groups is 2. The third-order valence-electron chi connectivity index (χ3n) is 1.92. The van der Waals surface area contributed by atoms with E-state index >= 15 is 0 Å². The molecule has 0 aromatic carbocycles. The van der Waals surface area contributed by atoms with Crippen LogP contribution in [0.15, 0.2) is 0 Å². The zero-order valence-electron chi connectivity index (χ0n) is 9.70. The molecule has 2 atom stereocenters. The number of rotatable bonds is 9. The maximum absolute atomic E-state index is 11.4. The smallest absolute Gasteiger partial charge is 0.326 e. The van der Waals surface area contributed by atoms with Gasteiger partial charge in [-0.15, -0.1) is 10.1 Å². The van der Waals surface area contributed by atoms with Crippen LogP contribution in [0.2, 0.25) is 0 Å². The number of nitrogens with two attached hydrogens (primary N) is 1. The normalized spacial score (nSPS) is 13.4. The Morgan fingerprint density at radius 3 is 2.67 bits per heavy atom. The third kappa shape index (κ3) is 6.91. The van der Waals surface area contributed by atoms with Crippen LogP contribution in [-0.4, -0.2) is 52.8 Å². The van der Waals surface area contributed by atoms with Crippen molar-refractivity contribution in [3.63, 3.8) is 0 Å². The average molecular weight is 281 g/mol. The summed E-state index contributed by atoms with van der Waals surface area (Å²) < 4.78 is 0. The highest BCUT2D eigenvalue weighted by molar-refractivity contribution is 7.98. The summed E-state index contributed by atoms with van der Waals surface area (Å²) in [6, 6.07) is -2.35. The van der Waals surface area contributed by atoms with Gasteiger partial charge >= 0.3 is 5.97 Å². The number of aliphatic carboxylic acids is 1. The molecule has 104 valence electrons. The second-order valence-electron chi connectivity index (χ2n) is 3.31. The lowest BCUT2D eigenvalue weighted by Crippen LogP contribution is -2.50. The van der Waals surface area contributed by atoms with Gasteiger partial charge in [-0.2, -0.15) is 11.8 Å². The molecule has 0 aliphatic heterocycles. The Hall–Kier alpha value is -1.55. The van der Waals surface area contributed by atoms with Gasteiger partial charge in [0.15, 0.2) is 0 Å². The molecule has 0 aliphatic rings. The third-order valence-corrected chi connectivity index (χ3v) is 2.57. The maximum atomic E-state index is 11.4. The molecule has 0 aromatic rings. The second kappa shape index (κ2) is 8.53. The van der Waals surface area contributed by atoms with Crippen LogP contribution in [-0.2, 0) is 14.4 Å². The lowest BCUT2D eigenvalue weighted by molar-refractivity contribution is -0.757. The van der Waals surface area contributed by atoms with E-state index < -0.39 is 35.7 Å². The fourth-order valence-electron chi connectivity index (χ4n) is 0.989. The van der Waals surface area contributed by atoms with E-state index in [2.05, 4.69) is 10.2 Å². The van der Waals surface area contributed by atoms with Gasteiger partial charge in [0.1, 0.15) is 18.7 Å². The van der Waals surface area contributed by atoms with Crippen molar-refractivity contribution in [1.29, 1.82) is 0 Å². The Kier molecular flexibility index (Phi) is 7.79. The first-order valence-corrected chi connectivity index (χ1v) is 6.32. The number of carboxylic acid groups (broad SMARTS) is 1. The van der Waals surface area contributed by atoms with Crippen LogP contribution in [0.4, 0.5) is 0 Å². The van der Waals surface area contributed by atoms with Crippen molar-refractivity contribution in [1.82, 2.24) is 5.32 Å². The zero-order chi connectivity index (χ0) is 14.1. The molecule has 0 radical (unpaired) electrons. The Bertz CT molecular complexity index is 313. The van der Waals surface area contributed by atoms with Crippen LogP contribution in [0.5, 0.6) is 0 Å². The Morgan fingerprint density at radius 2 is 2.22 bits per heavy atom. The first kappa shape index (κ1) is 16.4. The number of carbonyl (C=O) groups excluding carboxylic acids is 1. The maximum Gasteiger partial charge on any atom is 0.326 e. The molecule has 0 fully saturated rings. The predicted molar refractivity (Wildman–Crippen MR) is 63.5 cm³/mol. The summed E-state index contributed by atoms with van der Waals surface area (Å²) in [5.41, 5.74) is 5.30. The van der Waals surface area contributed by atoms with E-state index in [0.29, 0.717) is 5.75 Å². The van der Waals surface area contributed by atoms with Crippen molar-refractivity contribution >= 4 is 23.6 Å². The number of thioether (sulfide) groups is 1. The fraction of sp³-hybridized carbons (Fsp3) is 0.750. The fourth-order valence-corrected chi connectivity index (χ4v) is 1.46. The molecule has 0 saturated heterocycles. The van der Waals surface area contributed by atoms with Crippen LogP contribution in [0.1, 0.15) is 6.42 Å². The molecule has 18 heavy (non-hydrogen) atoms. The standard InChI is InChI=1S/C8H15N3O6S/c1-18-3-2-6(8(13)14)10-7(12)5(9)4-17-11(15)16/h5-6H,2-4,9H2,1H3,(H,10,12)(H,13,14)/t5-,6-/m0/s1. The quantitative estimate of drug-likeness (QED) is 0.354. The van der Waals surface area contributed by atoms with Gasteiger partial charge in [-0.05, 0) is 18.4 Å². The van der Waals surface area contributed by atoms with Gasteiger partial charge in [0, 0.05) is 0 Å². The minimum Gasteiger partial charge on any atom is -0.480 e. The number of nitrogens with one attached hydrogen (secondary N) is 1. The van der Waals surface area contributed by atoms with Gasteiger partial charge < -0.3 is 21.0 Å². The minimum atomic E-state index is -1.29. The Balaban J connectivity index is 4.22. The lowest BCUT2D eigenvalue weighted by atomic mass is 10.2. The summed E-state index contributed by atoms with van der Waals surface area (Å²) in [5.74, 6) is -1.43. The lowest BCUT2D eigenvalue weighted by Gasteiger charge is -2.16. The minimum absolute atomic E-state index is 0.241. The van der Waals surface area contributed by atoms with Crippen LogP contribution in [0.25, 0.3) is 0 Å². The van der Waals surface area contributed by atoms with Crippen LogP contribution < -0.4 is 11.1 Å². The highest BCUT2D eigenvalue weighted by atomic mass is 32.2. The molecular formula is C8H15N3O6S. The van der Waals surface area contributed by atoms with Crippen molar-refractivity contribution in [2.24, 2.45) is 5.73 Å². The van der Waals surface area contributed by atoms with Crippen molar-refractivity contribution in [2.75, 3.05) is 18.6 Å². The summed E-state index contributed by atoms with van der Waals surface area (Å²) in [5, 5.41) is 19.9. The van der Waals surface area contributed by atoms with E-state index in [0.717, 1.165) is 0 Å². The molecule has 0 spiro atoms. The van der Waals surface area contributed by atoms with E-state index in [1.54, 1.807) is 6.26 Å². The average Bonchev–Trinajstić information content (AvgIpc) is 2.30. The predicted octanol–water partition coefficient (Wildman–Crippen LogP) is -1.16. The summed E-state index contributed by atoms with van der Waals surface area (Å²) in [7, 11) is 0. The van der Waals surface area contributed by atoms with E-state index in [-0.39, 0.29) is 6.42 Å². The zero-order valence-corrected chi connectivity index (χ0v) is 10.5. The van der Waals surface area contributed by atoms with E-state index in [1.165, 1.54) is 11.8 Å². The number of carboxylic acids is 1. The van der Waals surface area contributed by atoms with Crippen LogP contribution in [0.3, 0.4) is 0 Å². The second-order valence-corrected chi connectivity index (χ2v) is 4.29. The number of hydrogen-bond donors (Lipinski definition) is 3. The van der Waals surface area contributed by atoms with Gasteiger partial charge in [-0.25, -0.2) is 4.79 Å². The molecular weight excluding hydrogens is 266 g/mol. The topological polar surface area (TPSA) is 145 Å². The monoisotopic (exact) mass is 281 g/mol. The molecule has 0 saturated carbocycles. The van der Waals surface area contributed by atoms with Crippen molar-refractivity contribution in [3.8, 4) is 0 Å². The molecule has 0 aliphatic carbocycles. The molecule has 1 amide bonds. The molecule has 10 heteroatoms. The number of amides is 1. The van der Waals surface area contributed by atoms with Crippen LogP contribution in [0, 0.1) is 10.1 Å². The first-order chi connectivity index (χ1) is 8.38. The molecule has 0 rings (SSSR count). The number of hydrogen-bond acceptors (Lipinski definition) is 7. The molecule has 0 bridgehead atoms. The molecule has 0 unspecified atom stereocenters. The summed E-state index contributed by atoms with van der Waals surface area (Å²) in [6.45, 7) is -0.617. The van der Waals surface area contributed by atoms with Gasteiger partial charge in [-0.3, -0.25) is 4.79 Å². The molecule has 0 aromatic heterocycles. The van der Waals surface area contributed by atoms with Crippen LogP contribution >= 0.6 is 11.8 Å².